The minimum Gasteiger partial charge on any atom is -0.363 e. The Morgan fingerprint density at radius 2 is 1.55 bits per heavy atom. The second kappa shape index (κ2) is 14.4. The van der Waals surface area contributed by atoms with Crippen LogP contribution in [0.5, 0.6) is 0 Å². The van der Waals surface area contributed by atoms with Gasteiger partial charge in [-0.2, -0.15) is 0 Å². The number of nitrogens with two attached hydrogens (primary N) is 1. The lowest BCUT2D eigenvalue weighted by atomic mass is 9.71. The highest BCUT2D eigenvalue weighted by Gasteiger charge is 2.50. The van der Waals surface area contributed by atoms with E-state index in [4.69, 9.17) is 5.73 Å². The van der Waals surface area contributed by atoms with E-state index < -0.39 is 52.7 Å². The predicted molar refractivity (Wildman–Crippen MR) is 182 cm³/mol. The van der Waals surface area contributed by atoms with Gasteiger partial charge in [-0.25, -0.2) is 4.79 Å². The Kier molecular flexibility index (Phi) is 11.1. The van der Waals surface area contributed by atoms with Crippen molar-refractivity contribution in [2.75, 3.05) is 6.54 Å². The van der Waals surface area contributed by atoms with Crippen LogP contribution in [-0.2, 0) is 19.2 Å². The lowest BCUT2D eigenvalue weighted by Crippen LogP contribution is -2.63. The van der Waals surface area contributed by atoms with Gasteiger partial charge in [-0.15, -0.1) is 0 Å². The maximum Gasteiger partial charge on any atom is 0.315 e. The zero-order chi connectivity index (χ0) is 34.7. The Hall–Kier alpha value is -3.43. The Morgan fingerprint density at radius 1 is 0.957 bits per heavy atom. The van der Waals surface area contributed by atoms with E-state index in [9.17, 15) is 24.0 Å². The van der Waals surface area contributed by atoms with Crippen molar-refractivity contribution in [2.24, 2.45) is 28.4 Å². The lowest BCUT2D eigenvalue weighted by molar-refractivity contribution is -0.145. The number of rotatable bonds is 14. The van der Waals surface area contributed by atoms with Crippen molar-refractivity contribution in [3.8, 4) is 0 Å². The monoisotopic (exact) mass is 651 g/mol. The molecule has 3 aliphatic carbocycles. The first kappa shape index (κ1) is 36.4. The summed E-state index contributed by atoms with van der Waals surface area (Å²) in [5.41, 5.74) is 5.36. The van der Waals surface area contributed by atoms with Crippen LogP contribution in [0.3, 0.4) is 0 Å². The second-order valence-corrected chi connectivity index (χ2v) is 16.3. The number of carbonyl (C=O) groups is 5. The zero-order valence-corrected chi connectivity index (χ0v) is 29.5. The molecular weight excluding hydrogens is 594 g/mol. The average Bonchev–Trinajstić information content (AvgIpc) is 3.94. The van der Waals surface area contributed by atoms with Crippen molar-refractivity contribution in [3.05, 3.63) is 35.9 Å². The molecule has 4 rings (SSSR count). The van der Waals surface area contributed by atoms with Gasteiger partial charge >= 0.3 is 6.03 Å². The maximum atomic E-state index is 14.6. The van der Waals surface area contributed by atoms with Crippen LogP contribution in [0.25, 0.3) is 0 Å². The highest BCUT2D eigenvalue weighted by atomic mass is 16.2. The van der Waals surface area contributed by atoms with E-state index in [-0.39, 0.29) is 29.1 Å². The molecule has 260 valence electrons. The number of primary amides is 1. The standard InChI is InChI=1S/C37H57N5O5/c1-23(26-14-10-8-11-15-26)37(18-12-9-13-19-37)41-34(47)40-30(35(3,4)5)33(46)42(22-27-21-36(27,6)7)24(2)32(45)39-28(20-25-16-17-25)29(43)31(38)44/h8,10-11,14-15,23-25,27-28,30H,9,12-13,16-22H2,1-7H3,(H2,38,44)(H,39,45)(H2,40,41,47)/t23?,24-,27+,28?,30+/m0/s1. The summed E-state index contributed by atoms with van der Waals surface area (Å²) in [7, 11) is 0. The molecule has 47 heavy (non-hydrogen) atoms. The summed E-state index contributed by atoms with van der Waals surface area (Å²) >= 11 is 0. The maximum absolute atomic E-state index is 14.6. The zero-order valence-electron chi connectivity index (χ0n) is 29.5. The summed E-state index contributed by atoms with van der Waals surface area (Å²) in [4.78, 5) is 68.1. The summed E-state index contributed by atoms with van der Waals surface area (Å²) in [5, 5.41) is 9.12. The fourth-order valence-corrected chi connectivity index (χ4v) is 7.21. The van der Waals surface area contributed by atoms with Gasteiger partial charge in [0.1, 0.15) is 12.1 Å². The van der Waals surface area contributed by atoms with Gasteiger partial charge in [0.2, 0.25) is 17.6 Å². The third-order valence-electron chi connectivity index (χ3n) is 11.0. The normalized spacial score (nSPS) is 22.5. The first-order chi connectivity index (χ1) is 21.9. The van der Waals surface area contributed by atoms with E-state index in [0.717, 1.165) is 56.9 Å². The molecule has 3 aliphatic rings. The smallest absolute Gasteiger partial charge is 0.315 e. The van der Waals surface area contributed by atoms with Crippen molar-refractivity contribution in [2.45, 2.75) is 136 Å². The average molecular weight is 652 g/mol. The fraction of sp³-hybridized carbons (Fsp3) is 0.703. The molecule has 0 saturated heterocycles. The van der Waals surface area contributed by atoms with E-state index in [1.165, 1.54) is 0 Å². The molecular formula is C37H57N5O5. The third kappa shape index (κ3) is 9.14. The quantitative estimate of drug-likeness (QED) is 0.213. The van der Waals surface area contributed by atoms with Crippen LogP contribution in [0.15, 0.2) is 30.3 Å². The molecule has 10 nitrogen and oxygen atoms in total. The minimum absolute atomic E-state index is 0.0220. The van der Waals surface area contributed by atoms with Gasteiger partial charge in [-0.05, 0) is 60.8 Å². The van der Waals surface area contributed by atoms with E-state index in [0.29, 0.717) is 13.0 Å². The molecule has 0 aromatic heterocycles. The molecule has 1 aromatic carbocycles. The van der Waals surface area contributed by atoms with Crippen LogP contribution < -0.4 is 21.7 Å². The number of nitrogens with one attached hydrogen (secondary N) is 3. The SMILES string of the molecule is CC(c1ccccc1)C1(NC(=O)N[C@H](C(=O)N(C[C@H]2CC2(C)C)[C@@H](C)C(=O)NC(CC2CC2)C(=O)C(N)=O)C(C)(C)C)CCCCC1. The van der Waals surface area contributed by atoms with Crippen molar-refractivity contribution in [3.63, 3.8) is 0 Å². The Labute approximate surface area is 280 Å². The van der Waals surface area contributed by atoms with Gasteiger partial charge in [0.05, 0.1) is 6.04 Å². The topological polar surface area (TPSA) is 151 Å². The summed E-state index contributed by atoms with van der Waals surface area (Å²) in [6.07, 6.45) is 7.95. The summed E-state index contributed by atoms with van der Waals surface area (Å²) in [6.45, 7) is 14.1. The Morgan fingerprint density at radius 3 is 2.06 bits per heavy atom. The number of benzene rings is 1. The number of nitrogens with zero attached hydrogens (tertiary/aromatic N) is 1. The Balaban J connectivity index is 1.56. The van der Waals surface area contributed by atoms with E-state index in [1.54, 1.807) is 11.8 Å². The molecule has 1 aromatic rings. The number of hydrogen-bond donors (Lipinski definition) is 4. The van der Waals surface area contributed by atoms with Gasteiger partial charge in [0.25, 0.3) is 5.91 Å². The fourth-order valence-electron chi connectivity index (χ4n) is 7.21. The van der Waals surface area contributed by atoms with Gasteiger partial charge in [0, 0.05) is 18.0 Å². The number of hydrogen-bond acceptors (Lipinski definition) is 5. The molecule has 5 amide bonds. The van der Waals surface area contributed by atoms with E-state index in [1.807, 2.05) is 39.0 Å². The minimum atomic E-state index is -1.09. The molecule has 5 atom stereocenters. The van der Waals surface area contributed by atoms with Crippen LogP contribution in [0.1, 0.15) is 118 Å². The van der Waals surface area contributed by atoms with Gasteiger partial charge in [0.15, 0.2) is 0 Å². The molecule has 0 spiro atoms. The van der Waals surface area contributed by atoms with Crippen molar-refractivity contribution in [1.82, 2.24) is 20.9 Å². The number of urea groups is 1. The highest BCUT2D eigenvalue weighted by Crippen LogP contribution is 2.52. The van der Waals surface area contributed by atoms with Crippen LogP contribution in [0.4, 0.5) is 4.79 Å². The molecule has 0 radical (unpaired) electrons. The number of Topliss-reactive ketones (excluding diaryl/α,β-unsaturated/α-hetero) is 1. The largest absolute Gasteiger partial charge is 0.363 e. The van der Waals surface area contributed by atoms with Crippen LogP contribution >= 0.6 is 0 Å². The third-order valence-corrected chi connectivity index (χ3v) is 11.0. The molecule has 2 unspecified atom stereocenters. The van der Waals surface area contributed by atoms with Crippen molar-refractivity contribution >= 4 is 29.5 Å². The van der Waals surface area contributed by atoms with Gasteiger partial charge in [-0.1, -0.05) is 104 Å². The van der Waals surface area contributed by atoms with Crippen LogP contribution in [-0.4, -0.2) is 64.6 Å². The molecule has 0 bridgehead atoms. The van der Waals surface area contributed by atoms with E-state index >= 15 is 0 Å². The van der Waals surface area contributed by atoms with Crippen LogP contribution in [0.2, 0.25) is 0 Å². The molecule has 0 aliphatic heterocycles. The van der Waals surface area contributed by atoms with E-state index in [2.05, 4.69) is 48.9 Å². The van der Waals surface area contributed by atoms with Crippen LogP contribution in [0, 0.1) is 22.7 Å². The first-order valence-electron chi connectivity index (χ1n) is 17.5. The number of amides is 5. The van der Waals surface area contributed by atoms with Crippen molar-refractivity contribution < 1.29 is 24.0 Å². The number of carbonyl (C=O) groups excluding carboxylic acids is 5. The van der Waals surface area contributed by atoms with Crippen molar-refractivity contribution in [1.29, 1.82) is 0 Å². The summed E-state index contributed by atoms with van der Waals surface area (Å²) in [5.74, 6) is -2.28. The summed E-state index contributed by atoms with van der Waals surface area (Å²) in [6, 6.07) is 6.91. The van der Waals surface area contributed by atoms with Gasteiger partial charge in [-0.3, -0.25) is 19.2 Å². The molecule has 10 heteroatoms. The predicted octanol–water partition coefficient (Wildman–Crippen LogP) is 4.81. The first-order valence-corrected chi connectivity index (χ1v) is 17.5. The molecule has 3 fully saturated rings. The highest BCUT2D eigenvalue weighted by molar-refractivity contribution is 6.37. The molecule has 0 heterocycles. The summed E-state index contributed by atoms with van der Waals surface area (Å²) < 4.78 is 0. The van der Waals surface area contributed by atoms with Gasteiger partial charge < -0.3 is 26.6 Å². The lowest BCUT2D eigenvalue weighted by Gasteiger charge is -2.44. The molecule has 5 N–H and O–H groups in total. The Bertz CT molecular complexity index is 1310. The molecule has 3 saturated carbocycles. The number of ketones is 1. The second-order valence-electron chi connectivity index (χ2n) is 16.3.